The molecule has 0 unspecified atom stereocenters. The van der Waals surface area contributed by atoms with Gasteiger partial charge in [-0.25, -0.2) is 0 Å². The van der Waals surface area contributed by atoms with Crippen LogP contribution >= 0.6 is 23.4 Å². The highest BCUT2D eigenvalue weighted by Crippen LogP contribution is 2.35. The number of nitrogens with zero attached hydrogens (tertiary/aromatic N) is 1. The molecule has 1 aliphatic heterocycles. The predicted molar refractivity (Wildman–Crippen MR) is 135 cm³/mol. The molecule has 1 heterocycles. The number of imide groups is 1. The lowest BCUT2D eigenvalue weighted by Crippen LogP contribution is -2.36. The van der Waals surface area contributed by atoms with Crippen LogP contribution < -0.4 is 14.8 Å². The average molecular weight is 503 g/mol. The Hall–Kier alpha value is -2.97. The molecule has 1 aliphatic rings. The van der Waals surface area contributed by atoms with Gasteiger partial charge in [0.15, 0.2) is 11.5 Å². The molecule has 0 saturated carbocycles. The van der Waals surface area contributed by atoms with Crippen molar-refractivity contribution in [3.8, 4) is 11.5 Å². The van der Waals surface area contributed by atoms with Crippen molar-refractivity contribution in [2.24, 2.45) is 0 Å². The first-order valence-electron chi connectivity index (χ1n) is 11.0. The number of amides is 3. The minimum atomic E-state index is -0.522. The molecule has 1 fully saturated rings. The van der Waals surface area contributed by atoms with Crippen LogP contribution in [0.25, 0.3) is 6.08 Å². The number of carbonyl (C=O) groups excluding carboxylic acids is 3. The molecule has 2 aromatic carbocycles. The molecular formula is C25H27ClN2O5S. The van der Waals surface area contributed by atoms with Gasteiger partial charge >= 0.3 is 0 Å². The number of thioether (sulfide) groups is 1. The Morgan fingerprint density at radius 1 is 1.18 bits per heavy atom. The van der Waals surface area contributed by atoms with E-state index >= 15 is 0 Å². The number of hydrogen-bond donors (Lipinski definition) is 1. The summed E-state index contributed by atoms with van der Waals surface area (Å²) in [5.41, 5.74) is 2.03. The summed E-state index contributed by atoms with van der Waals surface area (Å²) in [5, 5.41) is 2.67. The van der Waals surface area contributed by atoms with E-state index in [1.807, 2.05) is 27.7 Å². The molecule has 0 bridgehead atoms. The van der Waals surface area contributed by atoms with E-state index in [0.29, 0.717) is 34.4 Å². The van der Waals surface area contributed by atoms with E-state index in [0.717, 1.165) is 28.6 Å². The van der Waals surface area contributed by atoms with Crippen molar-refractivity contribution in [2.75, 3.05) is 18.5 Å². The smallest absolute Gasteiger partial charge is 0.294 e. The molecule has 0 aliphatic carbocycles. The number of halogens is 1. The fraction of sp³-hybridized carbons (Fsp3) is 0.320. The van der Waals surface area contributed by atoms with Crippen molar-refractivity contribution in [3.05, 3.63) is 57.5 Å². The lowest BCUT2D eigenvalue weighted by atomic mass is 10.1. The van der Waals surface area contributed by atoms with E-state index in [4.69, 9.17) is 21.1 Å². The minimum Gasteiger partial charge on any atom is -0.490 e. The summed E-state index contributed by atoms with van der Waals surface area (Å²) in [5.74, 6) is 0.173. The largest absolute Gasteiger partial charge is 0.490 e. The fourth-order valence-corrected chi connectivity index (χ4v) is 4.14. The van der Waals surface area contributed by atoms with Crippen molar-refractivity contribution < 1.29 is 23.9 Å². The van der Waals surface area contributed by atoms with Crippen LogP contribution in [0, 0.1) is 6.92 Å². The average Bonchev–Trinajstić information content (AvgIpc) is 3.05. The van der Waals surface area contributed by atoms with Crippen LogP contribution in [-0.2, 0) is 9.59 Å². The molecule has 0 spiro atoms. The van der Waals surface area contributed by atoms with Gasteiger partial charge in [0.1, 0.15) is 6.54 Å². The molecule has 9 heteroatoms. The Morgan fingerprint density at radius 3 is 2.65 bits per heavy atom. The highest BCUT2D eigenvalue weighted by molar-refractivity contribution is 8.18. The molecule has 1 atom stereocenters. The molecule has 180 valence electrons. The van der Waals surface area contributed by atoms with Gasteiger partial charge < -0.3 is 14.8 Å². The second-order valence-electron chi connectivity index (χ2n) is 7.75. The summed E-state index contributed by atoms with van der Waals surface area (Å²) in [6.45, 7) is 7.78. The number of anilines is 1. The van der Waals surface area contributed by atoms with E-state index in [9.17, 15) is 14.4 Å². The van der Waals surface area contributed by atoms with Gasteiger partial charge in [-0.3, -0.25) is 19.3 Å². The van der Waals surface area contributed by atoms with Gasteiger partial charge in [-0.1, -0.05) is 30.7 Å². The molecule has 1 N–H and O–H groups in total. The van der Waals surface area contributed by atoms with Crippen molar-refractivity contribution in [1.29, 1.82) is 0 Å². The minimum absolute atomic E-state index is 0.0309. The molecule has 3 amide bonds. The van der Waals surface area contributed by atoms with E-state index in [1.54, 1.807) is 42.5 Å². The number of benzene rings is 2. The van der Waals surface area contributed by atoms with E-state index in [-0.39, 0.29) is 17.6 Å². The molecule has 34 heavy (non-hydrogen) atoms. The van der Waals surface area contributed by atoms with Gasteiger partial charge in [0.25, 0.3) is 11.1 Å². The summed E-state index contributed by atoms with van der Waals surface area (Å²) in [4.78, 5) is 39.0. The van der Waals surface area contributed by atoms with Crippen LogP contribution in [0.2, 0.25) is 5.02 Å². The molecule has 2 aromatic rings. The van der Waals surface area contributed by atoms with Crippen molar-refractivity contribution >= 4 is 52.2 Å². The van der Waals surface area contributed by atoms with Crippen LogP contribution in [-0.4, -0.2) is 41.2 Å². The van der Waals surface area contributed by atoms with E-state index in [2.05, 4.69) is 5.32 Å². The molecular weight excluding hydrogens is 476 g/mol. The van der Waals surface area contributed by atoms with Gasteiger partial charge in [0.05, 0.1) is 17.6 Å². The second kappa shape index (κ2) is 11.4. The Morgan fingerprint density at radius 2 is 1.94 bits per heavy atom. The molecule has 0 aromatic heterocycles. The van der Waals surface area contributed by atoms with Crippen LogP contribution in [0.3, 0.4) is 0 Å². The Balaban J connectivity index is 1.74. The van der Waals surface area contributed by atoms with Gasteiger partial charge in [-0.05, 0) is 80.4 Å². The third-order valence-electron chi connectivity index (χ3n) is 5.12. The summed E-state index contributed by atoms with van der Waals surface area (Å²) in [6, 6.07) is 10.5. The number of rotatable bonds is 9. The molecule has 0 radical (unpaired) electrons. The first-order valence-corrected chi connectivity index (χ1v) is 12.2. The zero-order chi connectivity index (χ0) is 24.8. The van der Waals surface area contributed by atoms with Gasteiger partial charge in [-0.15, -0.1) is 0 Å². The summed E-state index contributed by atoms with van der Waals surface area (Å²) < 4.78 is 11.6. The highest BCUT2D eigenvalue weighted by Gasteiger charge is 2.36. The van der Waals surface area contributed by atoms with Crippen LogP contribution in [0.1, 0.15) is 38.3 Å². The van der Waals surface area contributed by atoms with Gasteiger partial charge in [0.2, 0.25) is 5.91 Å². The monoisotopic (exact) mass is 502 g/mol. The number of ether oxygens (including phenoxy) is 2. The van der Waals surface area contributed by atoms with Crippen LogP contribution in [0.5, 0.6) is 11.5 Å². The zero-order valence-electron chi connectivity index (χ0n) is 19.5. The Labute approximate surface area is 208 Å². The Kier molecular flexibility index (Phi) is 8.63. The second-order valence-corrected chi connectivity index (χ2v) is 9.18. The fourth-order valence-electron chi connectivity index (χ4n) is 3.13. The molecule has 7 nitrogen and oxygen atoms in total. The number of nitrogens with one attached hydrogen (secondary N) is 1. The maximum absolute atomic E-state index is 12.9. The maximum atomic E-state index is 12.9. The van der Waals surface area contributed by atoms with Crippen molar-refractivity contribution in [2.45, 2.75) is 40.2 Å². The summed E-state index contributed by atoms with van der Waals surface area (Å²) in [6.07, 6.45) is 2.49. The predicted octanol–water partition coefficient (Wildman–Crippen LogP) is 5.90. The third-order valence-corrected chi connectivity index (χ3v) is 6.26. The SMILES string of the molecule is CCOc1cc(/C=C2/SC(=O)N(CC(=O)Nc3cc(Cl)ccc3C)C2=O)ccc1O[C@H](C)CC. The quantitative estimate of drug-likeness (QED) is 0.430. The third kappa shape index (κ3) is 6.33. The van der Waals surface area contributed by atoms with Crippen molar-refractivity contribution in [1.82, 2.24) is 4.90 Å². The van der Waals surface area contributed by atoms with E-state index < -0.39 is 17.1 Å². The Bertz CT molecular complexity index is 1130. The van der Waals surface area contributed by atoms with Gasteiger partial charge in [-0.2, -0.15) is 0 Å². The normalized spacial score (nSPS) is 15.6. The maximum Gasteiger partial charge on any atom is 0.294 e. The van der Waals surface area contributed by atoms with Crippen LogP contribution in [0.15, 0.2) is 41.3 Å². The van der Waals surface area contributed by atoms with E-state index in [1.165, 1.54) is 0 Å². The lowest BCUT2D eigenvalue weighted by molar-refractivity contribution is -0.127. The zero-order valence-corrected chi connectivity index (χ0v) is 21.1. The van der Waals surface area contributed by atoms with Gasteiger partial charge in [0, 0.05) is 10.7 Å². The van der Waals surface area contributed by atoms with Crippen LogP contribution in [0.4, 0.5) is 10.5 Å². The first kappa shape index (κ1) is 25.6. The lowest BCUT2D eigenvalue weighted by Gasteiger charge is -2.16. The molecule has 1 saturated heterocycles. The summed E-state index contributed by atoms with van der Waals surface area (Å²) >= 11 is 6.78. The molecule has 3 rings (SSSR count). The standard InChI is InChI=1S/C25H27ClN2O5S/c1-5-16(4)33-20-10-8-17(11-21(20)32-6-2)12-22-24(30)28(25(31)34-22)14-23(29)27-19-13-18(26)9-7-15(19)3/h7-13,16H,5-6,14H2,1-4H3,(H,27,29)/b22-12+/t16-/m1/s1. The highest BCUT2D eigenvalue weighted by atomic mass is 35.5. The number of aryl methyl sites for hydroxylation is 1. The number of carbonyl (C=O) groups is 3. The topological polar surface area (TPSA) is 84.9 Å². The summed E-state index contributed by atoms with van der Waals surface area (Å²) in [7, 11) is 0. The number of hydrogen-bond acceptors (Lipinski definition) is 6. The first-order chi connectivity index (χ1) is 16.2. The van der Waals surface area contributed by atoms with Crippen molar-refractivity contribution in [3.63, 3.8) is 0 Å².